The van der Waals surface area contributed by atoms with Gasteiger partial charge in [-0.15, -0.1) is 5.10 Å². The third-order valence-corrected chi connectivity index (χ3v) is 3.87. The lowest BCUT2D eigenvalue weighted by Gasteiger charge is -2.03. The zero-order valence-corrected chi connectivity index (χ0v) is 13.5. The highest BCUT2D eigenvalue weighted by Gasteiger charge is 2.04. The largest absolute Gasteiger partial charge is 0.504 e. The summed E-state index contributed by atoms with van der Waals surface area (Å²) in [6.45, 7) is 4.30. The van der Waals surface area contributed by atoms with Crippen molar-refractivity contribution in [3.8, 4) is 11.5 Å². The molecule has 0 aliphatic rings. The first-order chi connectivity index (χ1) is 10.6. The molecule has 1 aromatic heterocycles. The highest BCUT2D eigenvalue weighted by atomic mass is 32.2. The molecule has 2 aromatic rings. The third-order valence-electron chi connectivity index (χ3n) is 2.60. The maximum Gasteiger partial charge on any atom is 0.240 e. The minimum atomic E-state index is 0.0923. The maximum atomic E-state index is 9.52. The Labute approximate surface area is 133 Å². The zero-order chi connectivity index (χ0) is 15.9. The highest BCUT2D eigenvalue weighted by molar-refractivity contribution is 7.99. The first kappa shape index (κ1) is 16.2. The van der Waals surface area contributed by atoms with E-state index in [2.05, 4.69) is 39.6 Å². The number of aromatic hydroxyl groups is 1. The first-order valence-electron chi connectivity index (χ1n) is 6.79. The van der Waals surface area contributed by atoms with E-state index in [0.717, 1.165) is 11.3 Å². The van der Waals surface area contributed by atoms with E-state index in [1.165, 1.54) is 7.11 Å². The van der Waals surface area contributed by atoms with Crippen molar-refractivity contribution in [1.29, 1.82) is 0 Å². The molecule has 2 rings (SSSR count). The van der Waals surface area contributed by atoms with Crippen molar-refractivity contribution in [3.63, 3.8) is 0 Å². The van der Waals surface area contributed by atoms with Gasteiger partial charge in [-0.25, -0.2) is 10.5 Å². The van der Waals surface area contributed by atoms with E-state index in [-0.39, 0.29) is 5.75 Å². The Morgan fingerprint density at radius 1 is 1.50 bits per heavy atom. The number of methoxy groups -OCH3 is 1. The summed E-state index contributed by atoms with van der Waals surface area (Å²) >= 11 is 1.60. The van der Waals surface area contributed by atoms with Gasteiger partial charge in [0.25, 0.3) is 0 Å². The fourth-order valence-corrected chi connectivity index (χ4v) is 2.29. The van der Waals surface area contributed by atoms with Crippen LogP contribution in [0.15, 0.2) is 28.5 Å². The molecule has 0 bridgehead atoms. The van der Waals surface area contributed by atoms with Gasteiger partial charge >= 0.3 is 0 Å². The number of H-pyrrole nitrogens is 1. The summed E-state index contributed by atoms with van der Waals surface area (Å²) in [6, 6.07) is 4.97. The molecule has 0 radical (unpaired) electrons. The van der Waals surface area contributed by atoms with Gasteiger partial charge in [0, 0.05) is 5.75 Å². The number of rotatable bonds is 7. The van der Waals surface area contributed by atoms with Crippen molar-refractivity contribution in [2.45, 2.75) is 19.0 Å². The van der Waals surface area contributed by atoms with Gasteiger partial charge in [-0.1, -0.05) is 25.6 Å². The molecule has 1 aromatic carbocycles. The maximum absolute atomic E-state index is 9.52. The van der Waals surface area contributed by atoms with Crippen LogP contribution in [0.25, 0.3) is 0 Å². The van der Waals surface area contributed by atoms with Crippen molar-refractivity contribution in [1.82, 2.24) is 15.2 Å². The average molecular weight is 321 g/mol. The Bertz CT molecular complexity index is 642. The van der Waals surface area contributed by atoms with Crippen molar-refractivity contribution in [2.24, 2.45) is 11.0 Å². The normalized spacial score (nSPS) is 11.3. The van der Waals surface area contributed by atoms with Gasteiger partial charge in [0.05, 0.1) is 13.3 Å². The van der Waals surface area contributed by atoms with E-state index in [4.69, 9.17) is 4.74 Å². The Balaban J connectivity index is 1.92. The van der Waals surface area contributed by atoms with E-state index in [1.807, 2.05) is 0 Å². The van der Waals surface area contributed by atoms with Crippen LogP contribution in [0.2, 0.25) is 0 Å². The van der Waals surface area contributed by atoms with Gasteiger partial charge in [-0.3, -0.25) is 0 Å². The van der Waals surface area contributed by atoms with Crippen LogP contribution >= 0.6 is 11.8 Å². The molecule has 0 amide bonds. The summed E-state index contributed by atoms with van der Waals surface area (Å²) in [5.41, 5.74) is 3.56. The van der Waals surface area contributed by atoms with Gasteiger partial charge in [-0.05, 0) is 29.7 Å². The number of nitrogens with zero attached hydrogens (tertiary/aromatic N) is 3. The minimum absolute atomic E-state index is 0.0923. The molecule has 0 aliphatic carbocycles. The van der Waals surface area contributed by atoms with E-state index in [0.29, 0.717) is 22.8 Å². The van der Waals surface area contributed by atoms with Crippen LogP contribution in [0, 0.1) is 5.92 Å². The topological polar surface area (TPSA) is 95.4 Å². The number of hydrogen-bond donors (Lipinski definition) is 3. The molecule has 22 heavy (non-hydrogen) atoms. The fraction of sp³-hybridized carbons (Fsp3) is 0.357. The number of nitrogens with one attached hydrogen (secondary N) is 2. The smallest absolute Gasteiger partial charge is 0.240 e. The second-order valence-corrected chi connectivity index (χ2v) is 5.96. The van der Waals surface area contributed by atoms with Crippen LogP contribution in [-0.4, -0.2) is 39.4 Å². The molecule has 0 saturated carbocycles. The lowest BCUT2D eigenvalue weighted by Crippen LogP contribution is -1.93. The molecule has 0 aliphatic heterocycles. The zero-order valence-electron chi connectivity index (χ0n) is 12.7. The quantitative estimate of drug-likeness (QED) is 0.412. The molecular weight excluding hydrogens is 302 g/mol. The van der Waals surface area contributed by atoms with Gasteiger partial charge in [0.1, 0.15) is 0 Å². The number of aromatic amines is 1. The molecule has 0 saturated heterocycles. The Hall–Kier alpha value is -2.22. The van der Waals surface area contributed by atoms with Crippen LogP contribution in [0.4, 0.5) is 5.95 Å². The van der Waals surface area contributed by atoms with Gasteiger partial charge in [-0.2, -0.15) is 10.1 Å². The van der Waals surface area contributed by atoms with Gasteiger partial charge in [0.2, 0.25) is 11.1 Å². The molecule has 3 N–H and O–H groups in total. The number of hydrogen-bond acceptors (Lipinski definition) is 7. The van der Waals surface area contributed by atoms with Crippen LogP contribution < -0.4 is 10.2 Å². The number of benzene rings is 1. The number of hydrazone groups is 1. The Morgan fingerprint density at radius 2 is 2.32 bits per heavy atom. The summed E-state index contributed by atoms with van der Waals surface area (Å²) in [4.78, 5) is 4.27. The van der Waals surface area contributed by atoms with Crippen LogP contribution in [-0.2, 0) is 0 Å². The van der Waals surface area contributed by atoms with E-state index in [9.17, 15) is 5.11 Å². The average Bonchev–Trinajstić information content (AvgIpc) is 2.95. The SMILES string of the molecule is COc1cc(/C=N\Nc2nc(SCC(C)C)n[nH]2)ccc1O. The fourth-order valence-electron chi connectivity index (χ4n) is 1.54. The molecule has 0 fully saturated rings. The molecule has 1 heterocycles. The number of anilines is 1. The summed E-state index contributed by atoms with van der Waals surface area (Å²) in [5, 5.41) is 21.1. The number of thioether (sulfide) groups is 1. The van der Waals surface area contributed by atoms with Crippen LogP contribution in [0.3, 0.4) is 0 Å². The lowest BCUT2D eigenvalue weighted by atomic mass is 10.2. The molecule has 0 unspecified atom stereocenters. The number of ether oxygens (including phenoxy) is 1. The van der Waals surface area contributed by atoms with Gasteiger partial charge < -0.3 is 9.84 Å². The lowest BCUT2D eigenvalue weighted by molar-refractivity contribution is 0.373. The summed E-state index contributed by atoms with van der Waals surface area (Å²) in [6.07, 6.45) is 1.60. The Kier molecular flexibility index (Phi) is 5.65. The van der Waals surface area contributed by atoms with E-state index in [1.54, 1.807) is 36.2 Å². The molecule has 118 valence electrons. The summed E-state index contributed by atoms with van der Waals surface area (Å²) in [7, 11) is 1.50. The number of phenols is 1. The van der Waals surface area contributed by atoms with Crippen LogP contribution in [0.1, 0.15) is 19.4 Å². The predicted octanol–water partition coefficient (Wildman–Crippen LogP) is 2.71. The first-order valence-corrected chi connectivity index (χ1v) is 7.78. The molecule has 8 heteroatoms. The van der Waals surface area contributed by atoms with E-state index < -0.39 is 0 Å². The minimum Gasteiger partial charge on any atom is -0.504 e. The van der Waals surface area contributed by atoms with E-state index >= 15 is 0 Å². The van der Waals surface area contributed by atoms with Crippen molar-refractivity contribution >= 4 is 23.9 Å². The van der Waals surface area contributed by atoms with Crippen molar-refractivity contribution in [3.05, 3.63) is 23.8 Å². The van der Waals surface area contributed by atoms with Crippen molar-refractivity contribution < 1.29 is 9.84 Å². The van der Waals surface area contributed by atoms with Gasteiger partial charge in [0.15, 0.2) is 11.5 Å². The molecule has 0 atom stereocenters. The number of aromatic nitrogens is 3. The second kappa shape index (κ2) is 7.69. The Morgan fingerprint density at radius 3 is 3.05 bits per heavy atom. The second-order valence-electron chi connectivity index (χ2n) is 4.97. The molecule has 7 nitrogen and oxygen atoms in total. The standard InChI is InChI=1S/C14H19N5O2S/c1-9(2)8-22-14-16-13(18-19-14)17-15-7-10-4-5-11(20)12(6-10)21-3/h4-7,9,20H,8H2,1-3H3,(H2,16,17,18,19)/b15-7-. The van der Waals surface area contributed by atoms with Crippen LogP contribution in [0.5, 0.6) is 11.5 Å². The number of phenolic OH excluding ortho intramolecular Hbond substituents is 1. The van der Waals surface area contributed by atoms with Crippen molar-refractivity contribution in [2.75, 3.05) is 18.3 Å². The summed E-state index contributed by atoms with van der Waals surface area (Å²) in [5.74, 6) is 2.52. The summed E-state index contributed by atoms with van der Waals surface area (Å²) < 4.78 is 5.04. The predicted molar refractivity (Wildman–Crippen MR) is 87.8 cm³/mol. The highest BCUT2D eigenvalue weighted by Crippen LogP contribution is 2.25. The third kappa shape index (κ3) is 4.66. The molecule has 0 spiro atoms. The molecular formula is C14H19N5O2S. The monoisotopic (exact) mass is 321 g/mol.